The predicted octanol–water partition coefficient (Wildman–Crippen LogP) is 7.36. The molecule has 2 fully saturated rings. The second kappa shape index (κ2) is 18.3. The van der Waals surface area contributed by atoms with Gasteiger partial charge in [-0.1, -0.05) is 48.9 Å². The van der Waals surface area contributed by atoms with Crippen LogP contribution in [0.2, 0.25) is 0 Å². The zero-order valence-electron chi connectivity index (χ0n) is 35.0. The van der Waals surface area contributed by atoms with Crippen LogP contribution < -0.4 is 0 Å². The molecule has 9 rings (SSSR count). The lowest BCUT2D eigenvalue weighted by Gasteiger charge is -2.58. The van der Waals surface area contributed by atoms with Gasteiger partial charge in [0.25, 0.3) is 0 Å². The maximum Gasteiger partial charge on any atom is 0.220 e. The van der Waals surface area contributed by atoms with Crippen molar-refractivity contribution in [2.75, 3.05) is 41.4 Å². The van der Waals surface area contributed by atoms with E-state index >= 15 is 0 Å². The number of ether oxygens (including phenoxy) is 2. The summed E-state index contributed by atoms with van der Waals surface area (Å²) in [5.74, 6) is 12.4. The third-order valence-electron chi connectivity index (χ3n) is 13.2. The molecule has 2 aromatic carbocycles. The summed E-state index contributed by atoms with van der Waals surface area (Å²) >= 11 is 9.03. The van der Waals surface area contributed by atoms with Crippen molar-refractivity contribution in [3.05, 3.63) is 111 Å². The van der Waals surface area contributed by atoms with E-state index in [1.807, 2.05) is 36.4 Å². The van der Waals surface area contributed by atoms with E-state index in [4.69, 9.17) is 9.47 Å². The van der Waals surface area contributed by atoms with Crippen LogP contribution >= 0.6 is 40.3 Å². The Morgan fingerprint density at radius 3 is 2.15 bits per heavy atom. The number of likely N-dealkylation sites (tertiary alicyclic amines) is 2. The van der Waals surface area contributed by atoms with Crippen LogP contribution in [0.1, 0.15) is 49.0 Å². The molecule has 0 aromatic heterocycles. The first-order chi connectivity index (χ1) is 29.8. The monoisotopic (exact) mass is 934 g/mol. The minimum Gasteiger partial charge on any atom is -0.504 e. The van der Waals surface area contributed by atoms with Crippen LogP contribution in [-0.2, 0) is 29.3 Å². The number of aliphatic hydroxyl groups excluding tert-OH is 1. The second-order valence-corrected chi connectivity index (χ2v) is 18.5. The SMILES string of the molecule is CC#CC#CC#CS.COC1=CC2[C@@H]3C=C4C=CC(=O)C(O)=C4[C@]2(CCN3C)CC1=O.COC1=CC2[C@@H]3[C@H](Sc4ccccc4Br)c4ccc(O)c(O)c4[C@]2(CCN3C)CC1=O. The zero-order valence-corrected chi connectivity index (χ0v) is 38.3. The highest BCUT2D eigenvalue weighted by atomic mass is 79.9. The van der Waals surface area contributed by atoms with E-state index in [9.17, 15) is 29.7 Å². The van der Waals surface area contributed by atoms with Crippen LogP contribution in [0.4, 0.5) is 0 Å². The number of likely N-dealkylation sites (N-methyl/N-ethyl adjacent to an activating group) is 2. The molecule has 7 aliphatic rings. The molecule has 2 aliphatic heterocycles. The molecular weight excluding hydrogens is 889 g/mol. The number of fused-ring (bicyclic) bond motifs is 2. The number of hydrogen-bond acceptors (Lipinski definition) is 12. The van der Waals surface area contributed by atoms with E-state index in [1.54, 1.807) is 30.8 Å². The number of ketones is 3. The summed E-state index contributed by atoms with van der Waals surface area (Å²) in [6.07, 6.45) is 11.1. The Morgan fingerprint density at radius 1 is 0.823 bits per heavy atom. The number of allylic oxidation sites excluding steroid dienone is 6. The molecule has 10 nitrogen and oxygen atoms in total. The molecule has 13 heteroatoms. The van der Waals surface area contributed by atoms with Crippen LogP contribution in [0, 0.1) is 52.1 Å². The fourth-order valence-corrected chi connectivity index (χ4v) is 12.6. The Labute approximate surface area is 380 Å². The van der Waals surface area contributed by atoms with Crippen LogP contribution in [0.15, 0.2) is 105 Å². The molecular formula is C49H47BrN2O8S2. The van der Waals surface area contributed by atoms with Crippen molar-refractivity contribution in [3.63, 3.8) is 0 Å². The van der Waals surface area contributed by atoms with Gasteiger partial charge in [0.2, 0.25) is 5.78 Å². The zero-order chi connectivity index (χ0) is 44.5. The number of thioether (sulfide) groups is 1. The summed E-state index contributed by atoms with van der Waals surface area (Å²) < 4.78 is 11.7. The third kappa shape index (κ3) is 7.82. The number of thiol groups is 1. The maximum atomic E-state index is 12.9. The molecule has 5 aliphatic carbocycles. The van der Waals surface area contributed by atoms with Gasteiger partial charge in [-0.05, 0) is 139 Å². The van der Waals surface area contributed by atoms with Crippen molar-refractivity contribution < 1.29 is 39.2 Å². The standard InChI is InChI=1S/C24H24BrNO4S.C18H19NO4.C7H4S/c1-26-10-9-24-12-17(28)18(30-2)11-14(24)21(26)23(31-19-6-4-3-5-15(19)25)13-7-8-16(27)22(29)20(13)24;1-19-6-5-18-9-14(21)15(23-2)8-11(18)12(19)7-10-3-4-13(20)17(22)16(10)18;1-2-3-4-5-6-7-8/h3-8,11,14,21,23,27,29H,9-10,12H2,1-2H3;3-4,7-8,11-12,22H,5-6,9H2,1-2H3;8H,1H3/t14?,21-,23-,24-;11?,12-,18+;/m10./s1. The van der Waals surface area contributed by atoms with Crippen LogP contribution in [0.3, 0.4) is 0 Å². The lowest BCUT2D eigenvalue weighted by Crippen LogP contribution is -2.61. The van der Waals surface area contributed by atoms with Gasteiger partial charge < -0.3 is 29.7 Å². The van der Waals surface area contributed by atoms with E-state index in [1.165, 1.54) is 20.3 Å². The number of rotatable bonds is 4. The number of carbonyl (C=O) groups is 3. The second-order valence-electron chi connectivity index (χ2n) is 16.2. The van der Waals surface area contributed by atoms with Crippen molar-refractivity contribution >= 4 is 57.7 Å². The summed E-state index contributed by atoms with van der Waals surface area (Å²) in [5.41, 5.74) is 2.19. The predicted molar refractivity (Wildman–Crippen MR) is 245 cm³/mol. The van der Waals surface area contributed by atoms with Gasteiger partial charge >= 0.3 is 0 Å². The number of phenols is 2. The number of piperidine rings is 2. The smallest absolute Gasteiger partial charge is 0.220 e. The first-order valence-corrected chi connectivity index (χ1v) is 22.3. The Hall–Kier alpha value is -5.07. The largest absolute Gasteiger partial charge is 0.504 e. The maximum absolute atomic E-state index is 12.9. The molecule has 62 heavy (non-hydrogen) atoms. The highest BCUT2D eigenvalue weighted by Gasteiger charge is 2.60. The quantitative estimate of drug-likeness (QED) is 0.139. The van der Waals surface area contributed by atoms with Gasteiger partial charge in [-0.25, -0.2) is 0 Å². The first kappa shape index (κ1) is 45.0. The average Bonchev–Trinajstić information content (AvgIpc) is 3.26. The summed E-state index contributed by atoms with van der Waals surface area (Å²) in [5, 5.41) is 34.2. The Kier molecular flexibility index (Phi) is 13.3. The lowest BCUT2D eigenvalue weighted by atomic mass is 9.53. The van der Waals surface area contributed by atoms with Gasteiger partial charge in [0.15, 0.2) is 40.3 Å². The van der Waals surface area contributed by atoms with E-state index in [-0.39, 0.29) is 76.6 Å². The molecule has 0 spiro atoms. The molecule has 0 saturated carbocycles. The Balaban J connectivity index is 0.000000164. The van der Waals surface area contributed by atoms with E-state index < -0.39 is 10.8 Å². The number of aromatic hydroxyl groups is 2. The number of Topliss-reactive ketones (excluding diaryl/α,β-unsaturated/α-hetero) is 2. The van der Waals surface area contributed by atoms with Gasteiger partial charge in [0.05, 0.1) is 19.5 Å². The summed E-state index contributed by atoms with van der Waals surface area (Å²) in [7, 11) is 7.24. The number of benzene rings is 2. The van der Waals surface area contributed by atoms with Crippen molar-refractivity contribution in [1.82, 2.24) is 9.80 Å². The molecule has 4 bridgehead atoms. The fraction of sp³-hybridized carbons (Fsp3) is 0.367. The molecule has 2 saturated heterocycles. The number of hydrogen-bond donors (Lipinski definition) is 4. The molecule has 320 valence electrons. The summed E-state index contributed by atoms with van der Waals surface area (Å²) in [4.78, 5) is 43.1. The number of methoxy groups -OCH3 is 2. The van der Waals surface area contributed by atoms with Gasteiger partial charge in [-0.3, -0.25) is 19.3 Å². The van der Waals surface area contributed by atoms with Crippen molar-refractivity contribution in [3.8, 4) is 46.4 Å². The Morgan fingerprint density at radius 2 is 1.47 bits per heavy atom. The number of carbonyl (C=O) groups excluding carboxylic acids is 3. The molecule has 0 amide bonds. The van der Waals surface area contributed by atoms with E-state index in [0.29, 0.717) is 17.1 Å². The van der Waals surface area contributed by atoms with E-state index in [2.05, 4.69) is 99.5 Å². The third-order valence-corrected chi connectivity index (χ3v) is 15.7. The fourth-order valence-electron chi connectivity index (χ4n) is 10.5. The van der Waals surface area contributed by atoms with Gasteiger partial charge in [0.1, 0.15) is 0 Å². The molecule has 0 radical (unpaired) electrons. The number of phenolic OH excluding ortho intramolecular Hbond substituents is 2. The number of nitrogens with zero attached hydrogens (tertiary/aromatic N) is 2. The minimum atomic E-state index is -0.542. The van der Waals surface area contributed by atoms with Gasteiger partial charge in [-0.2, -0.15) is 0 Å². The Bertz CT molecular complexity index is 2560. The molecule has 2 aromatic rings. The van der Waals surface area contributed by atoms with Crippen molar-refractivity contribution in [2.24, 2.45) is 17.3 Å². The van der Waals surface area contributed by atoms with Crippen LogP contribution in [0.5, 0.6) is 11.5 Å². The molecule has 2 heterocycles. The molecule has 2 unspecified atom stereocenters. The van der Waals surface area contributed by atoms with Gasteiger partial charge in [0, 0.05) is 68.1 Å². The summed E-state index contributed by atoms with van der Waals surface area (Å²) in [6.45, 7) is 3.36. The van der Waals surface area contributed by atoms with Crippen LogP contribution in [0.25, 0.3) is 0 Å². The van der Waals surface area contributed by atoms with Crippen molar-refractivity contribution in [2.45, 2.75) is 60.3 Å². The first-order valence-electron chi connectivity index (χ1n) is 20.2. The number of aliphatic hydroxyl groups is 1. The highest BCUT2D eigenvalue weighted by molar-refractivity contribution is 9.10. The van der Waals surface area contributed by atoms with E-state index in [0.717, 1.165) is 52.0 Å². The van der Waals surface area contributed by atoms with Gasteiger partial charge in [-0.15, -0.1) is 11.8 Å². The average molecular weight is 936 g/mol. The number of halogens is 1. The summed E-state index contributed by atoms with van der Waals surface area (Å²) in [6, 6.07) is 11.8. The highest BCUT2D eigenvalue weighted by Crippen LogP contribution is 2.64. The minimum absolute atomic E-state index is 0.00573. The lowest BCUT2D eigenvalue weighted by molar-refractivity contribution is -0.124. The molecule has 7 atom stereocenters. The molecule has 3 N–H and O–H groups in total. The topological polar surface area (TPSA) is 137 Å². The normalized spacial score (nSPS) is 28.8. The van der Waals surface area contributed by atoms with Crippen LogP contribution in [-0.4, -0.2) is 96.0 Å². The van der Waals surface area contributed by atoms with Crippen molar-refractivity contribution in [1.29, 1.82) is 0 Å².